The van der Waals surface area contributed by atoms with Gasteiger partial charge in [0, 0.05) is 23.0 Å². The summed E-state index contributed by atoms with van der Waals surface area (Å²) in [5.74, 6) is -1.88. The van der Waals surface area contributed by atoms with Gasteiger partial charge in [-0.1, -0.05) is 29.8 Å². The lowest BCUT2D eigenvalue weighted by molar-refractivity contribution is -0.137. The van der Waals surface area contributed by atoms with E-state index in [4.69, 9.17) is 0 Å². The molecular formula is C19H19F3N2O3S. The Labute approximate surface area is 162 Å². The molecule has 2 amide bonds. The summed E-state index contributed by atoms with van der Waals surface area (Å²) in [6, 6.07) is 11.6. The summed E-state index contributed by atoms with van der Waals surface area (Å²) in [5, 5.41) is 4.99. The molecule has 1 unspecified atom stereocenters. The Kier molecular flexibility index (Phi) is 7.33. The van der Waals surface area contributed by atoms with Gasteiger partial charge in [-0.25, -0.2) is 0 Å². The Morgan fingerprint density at radius 2 is 1.64 bits per heavy atom. The van der Waals surface area contributed by atoms with Gasteiger partial charge in [0.2, 0.25) is 11.8 Å². The number of aryl methyl sites for hydroxylation is 1. The van der Waals surface area contributed by atoms with Gasteiger partial charge in [0.25, 0.3) is 0 Å². The first-order valence-electron chi connectivity index (χ1n) is 8.28. The van der Waals surface area contributed by atoms with Crippen molar-refractivity contribution in [2.45, 2.75) is 19.6 Å². The minimum absolute atomic E-state index is 0.129. The van der Waals surface area contributed by atoms with Gasteiger partial charge in [-0.2, -0.15) is 13.2 Å². The summed E-state index contributed by atoms with van der Waals surface area (Å²) in [4.78, 5) is 23.7. The van der Waals surface area contributed by atoms with Crippen LogP contribution in [-0.4, -0.2) is 27.5 Å². The van der Waals surface area contributed by atoms with Crippen molar-refractivity contribution in [1.82, 2.24) is 5.32 Å². The van der Waals surface area contributed by atoms with Crippen LogP contribution in [-0.2, 0) is 33.1 Å². The molecule has 0 fully saturated rings. The fraction of sp³-hybridized carbons (Fsp3) is 0.263. The highest BCUT2D eigenvalue weighted by Gasteiger charge is 2.30. The second-order valence-electron chi connectivity index (χ2n) is 6.12. The molecule has 2 N–H and O–H groups in total. The van der Waals surface area contributed by atoms with Crippen LogP contribution in [0, 0.1) is 6.92 Å². The monoisotopic (exact) mass is 412 g/mol. The van der Waals surface area contributed by atoms with E-state index < -0.39 is 40.1 Å². The van der Waals surface area contributed by atoms with Crippen LogP contribution < -0.4 is 10.6 Å². The maximum atomic E-state index is 12.7. The van der Waals surface area contributed by atoms with Crippen LogP contribution >= 0.6 is 0 Å². The van der Waals surface area contributed by atoms with Crippen molar-refractivity contribution < 1.29 is 27.0 Å². The van der Waals surface area contributed by atoms with E-state index in [0.29, 0.717) is 5.69 Å². The van der Waals surface area contributed by atoms with Crippen LogP contribution in [0.25, 0.3) is 0 Å². The van der Waals surface area contributed by atoms with Crippen LogP contribution in [0.2, 0.25) is 0 Å². The smallest absolute Gasteiger partial charge is 0.351 e. The van der Waals surface area contributed by atoms with Crippen molar-refractivity contribution in [1.29, 1.82) is 0 Å². The molecule has 0 spiro atoms. The number of hydrogen-bond acceptors (Lipinski definition) is 3. The third-order valence-corrected chi connectivity index (χ3v) is 4.83. The summed E-state index contributed by atoms with van der Waals surface area (Å²) in [5.41, 5.74) is 1.04. The summed E-state index contributed by atoms with van der Waals surface area (Å²) >= 11 is 0. The first-order chi connectivity index (χ1) is 13.1. The van der Waals surface area contributed by atoms with Crippen LogP contribution in [0.5, 0.6) is 0 Å². The van der Waals surface area contributed by atoms with Crippen LogP contribution in [0.1, 0.15) is 16.7 Å². The van der Waals surface area contributed by atoms with E-state index in [1.165, 1.54) is 12.1 Å². The fourth-order valence-electron chi connectivity index (χ4n) is 2.29. The number of hydrogen-bond donors (Lipinski definition) is 2. The number of rotatable bonds is 7. The van der Waals surface area contributed by atoms with Crippen molar-refractivity contribution in [3.05, 3.63) is 65.2 Å². The van der Waals surface area contributed by atoms with Gasteiger partial charge in [-0.05, 0) is 36.8 Å². The maximum Gasteiger partial charge on any atom is 0.416 e. The largest absolute Gasteiger partial charge is 0.416 e. The lowest BCUT2D eigenvalue weighted by atomic mass is 10.1. The Morgan fingerprint density at radius 1 is 1.00 bits per heavy atom. The van der Waals surface area contributed by atoms with Gasteiger partial charge in [0.1, 0.15) is 11.5 Å². The first-order valence-corrected chi connectivity index (χ1v) is 9.76. The average molecular weight is 412 g/mol. The Bertz CT molecular complexity index is 867. The normalized spacial score (nSPS) is 12.3. The molecule has 0 radical (unpaired) electrons. The average Bonchev–Trinajstić information content (AvgIpc) is 2.61. The molecule has 150 valence electrons. The van der Waals surface area contributed by atoms with E-state index >= 15 is 0 Å². The molecule has 0 heterocycles. The predicted molar refractivity (Wildman–Crippen MR) is 101 cm³/mol. The van der Waals surface area contributed by atoms with Gasteiger partial charge >= 0.3 is 6.18 Å². The number of amides is 2. The molecule has 0 saturated heterocycles. The molecule has 2 rings (SSSR count). The van der Waals surface area contributed by atoms with E-state index in [1.807, 2.05) is 19.1 Å². The maximum absolute atomic E-state index is 12.7. The molecule has 0 saturated carbocycles. The van der Waals surface area contributed by atoms with Crippen molar-refractivity contribution >= 4 is 28.3 Å². The lowest BCUT2D eigenvalue weighted by Gasteiger charge is -2.10. The molecule has 0 aliphatic heterocycles. The number of benzene rings is 2. The van der Waals surface area contributed by atoms with Crippen LogP contribution in [0.4, 0.5) is 18.9 Å². The zero-order valence-corrected chi connectivity index (χ0v) is 15.8. The van der Waals surface area contributed by atoms with Crippen LogP contribution in [0.3, 0.4) is 0 Å². The minimum atomic E-state index is -4.47. The quantitative estimate of drug-likeness (QED) is 0.734. The van der Waals surface area contributed by atoms with Gasteiger partial charge in [-0.15, -0.1) is 0 Å². The van der Waals surface area contributed by atoms with E-state index in [9.17, 15) is 27.0 Å². The van der Waals surface area contributed by atoms with E-state index in [1.54, 1.807) is 12.1 Å². The number of halogens is 3. The fourth-order valence-corrected chi connectivity index (χ4v) is 3.15. The molecule has 2 aromatic carbocycles. The molecule has 0 aliphatic carbocycles. The second kappa shape index (κ2) is 9.50. The zero-order chi connectivity index (χ0) is 20.7. The zero-order valence-electron chi connectivity index (χ0n) is 15.0. The molecule has 2 aromatic rings. The number of nitrogens with one attached hydrogen (secondary N) is 2. The molecule has 0 aromatic heterocycles. The van der Waals surface area contributed by atoms with Gasteiger partial charge < -0.3 is 10.6 Å². The lowest BCUT2D eigenvalue weighted by Crippen LogP contribution is -2.31. The molecule has 28 heavy (non-hydrogen) atoms. The molecule has 1 atom stereocenters. The van der Waals surface area contributed by atoms with Crippen molar-refractivity contribution in [3.63, 3.8) is 0 Å². The predicted octanol–water partition coefficient (Wildman–Crippen LogP) is 3.02. The Morgan fingerprint density at radius 3 is 2.29 bits per heavy atom. The van der Waals surface area contributed by atoms with Gasteiger partial charge in [0.15, 0.2) is 0 Å². The van der Waals surface area contributed by atoms with Crippen LogP contribution in [0.15, 0.2) is 48.5 Å². The minimum Gasteiger partial charge on any atom is -0.351 e. The van der Waals surface area contributed by atoms with Gasteiger partial charge in [-0.3, -0.25) is 13.8 Å². The Balaban J connectivity index is 1.78. The Hall–Kier alpha value is -2.68. The number of anilines is 1. The molecule has 0 bridgehead atoms. The number of carbonyl (C=O) groups is 2. The van der Waals surface area contributed by atoms with Crippen molar-refractivity contribution in [3.8, 4) is 0 Å². The SMILES string of the molecule is Cc1ccc(NC(=O)CS(=O)CC(=O)NCc2cccc(C(F)(F)F)c2)cc1. The number of carbonyl (C=O) groups excluding carboxylic acids is 2. The van der Waals surface area contributed by atoms with E-state index in [0.717, 1.165) is 17.7 Å². The standard InChI is InChI=1S/C19H19F3N2O3S/c1-13-5-7-16(8-6-13)24-18(26)12-28(27)11-17(25)23-10-14-3-2-4-15(9-14)19(20,21)22/h2-9H,10-12H2,1H3,(H,23,25)(H,24,26). The highest BCUT2D eigenvalue weighted by atomic mass is 32.2. The third kappa shape index (κ3) is 7.15. The molecule has 5 nitrogen and oxygen atoms in total. The highest BCUT2D eigenvalue weighted by Crippen LogP contribution is 2.29. The molecule has 0 aliphatic rings. The van der Waals surface area contributed by atoms with Crippen molar-refractivity contribution in [2.75, 3.05) is 16.8 Å². The summed E-state index contributed by atoms with van der Waals surface area (Å²) in [7, 11) is -1.74. The van der Waals surface area contributed by atoms with Gasteiger partial charge in [0.05, 0.1) is 5.56 Å². The highest BCUT2D eigenvalue weighted by molar-refractivity contribution is 7.86. The number of alkyl halides is 3. The summed E-state index contributed by atoms with van der Waals surface area (Å²) in [6.07, 6.45) is -4.47. The topological polar surface area (TPSA) is 75.3 Å². The third-order valence-electron chi connectivity index (χ3n) is 3.66. The molecule has 9 heteroatoms. The molecular weight excluding hydrogens is 393 g/mol. The second-order valence-corrected chi connectivity index (χ2v) is 7.57. The van der Waals surface area contributed by atoms with Crippen molar-refractivity contribution in [2.24, 2.45) is 0 Å². The van der Waals surface area contributed by atoms with E-state index in [-0.39, 0.29) is 17.9 Å². The summed E-state index contributed by atoms with van der Waals surface area (Å²) in [6.45, 7) is 1.77. The summed E-state index contributed by atoms with van der Waals surface area (Å²) < 4.78 is 50.0. The van der Waals surface area contributed by atoms with E-state index in [2.05, 4.69) is 10.6 Å². The first kappa shape index (κ1) is 21.6.